The lowest BCUT2D eigenvalue weighted by atomic mass is 10.1. The van der Waals surface area contributed by atoms with Crippen LogP contribution in [0.5, 0.6) is 0 Å². The summed E-state index contributed by atoms with van der Waals surface area (Å²) in [5, 5.41) is -0.355. The van der Waals surface area contributed by atoms with Crippen molar-refractivity contribution in [3.8, 4) is 11.5 Å². The van der Waals surface area contributed by atoms with Crippen molar-refractivity contribution in [2.75, 3.05) is 0 Å². The molecular weight excluding hydrogens is 317 g/mol. The largest absolute Gasteiger partial charge is 0.444 e. The number of alkyl halides is 3. The van der Waals surface area contributed by atoms with Crippen LogP contribution >= 0.6 is 11.8 Å². The van der Waals surface area contributed by atoms with Crippen molar-refractivity contribution in [2.24, 2.45) is 5.73 Å². The molecule has 2 aromatic rings. The van der Waals surface area contributed by atoms with E-state index in [1.165, 1.54) is 30.2 Å². The molecule has 0 aliphatic rings. The molecule has 0 saturated heterocycles. The van der Waals surface area contributed by atoms with E-state index in [0.29, 0.717) is 17.0 Å². The van der Waals surface area contributed by atoms with Gasteiger partial charge in [-0.3, -0.25) is 4.79 Å². The lowest BCUT2D eigenvalue weighted by Gasteiger charge is -2.06. The summed E-state index contributed by atoms with van der Waals surface area (Å²) in [5.74, 6) is 0.237. The summed E-state index contributed by atoms with van der Waals surface area (Å²) in [7, 11) is 0. The monoisotopic (exact) mass is 330 g/mol. The summed E-state index contributed by atoms with van der Waals surface area (Å²) in [4.78, 5) is 15.1. The summed E-state index contributed by atoms with van der Waals surface area (Å²) in [6, 6.07) is 4.56. The third kappa shape index (κ3) is 4.03. The minimum Gasteiger partial charge on any atom is -0.444 e. The number of aromatic nitrogens is 1. The number of primary amides is 1. The van der Waals surface area contributed by atoms with E-state index in [-0.39, 0.29) is 11.1 Å². The number of hydrogen-bond acceptors (Lipinski definition) is 4. The Bertz CT molecular complexity index is 653. The zero-order valence-corrected chi connectivity index (χ0v) is 12.4. The van der Waals surface area contributed by atoms with Crippen molar-refractivity contribution in [3.63, 3.8) is 0 Å². The molecule has 0 aliphatic heterocycles. The van der Waals surface area contributed by atoms with Gasteiger partial charge in [0.05, 0.1) is 16.5 Å². The third-order valence-electron chi connectivity index (χ3n) is 2.89. The van der Waals surface area contributed by atoms with Crippen molar-refractivity contribution in [1.29, 1.82) is 0 Å². The topological polar surface area (TPSA) is 69.1 Å². The van der Waals surface area contributed by atoms with E-state index in [0.717, 1.165) is 12.1 Å². The zero-order chi connectivity index (χ0) is 16.3. The minimum atomic E-state index is -4.37. The van der Waals surface area contributed by atoms with Crippen LogP contribution in [0.2, 0.25) is 0 Å². The lowest BCUT2D eigenvalue weighted by Crippen LogP contribution is -2.22. The summed E-state index contributed by atoms with van der Waals surface area (Å²) in [6.07, 6.45) is -2.96. The highest BCUT2D eigenvalue weighted by Crippen LogP contribution is 2.31. The van der Waals surface area contributed by atoms with Gasteiger partial charge in [0.15, 0.2) is 0 Å². The van der Waals surface area contributed by atoms with Gasteiger partial charge in [-0.15, -0.1) is 11.8 Å². The van der Waals surface area contributed by atoms with Gasteiger partial charge in [0.25, 0.3) is 0 Å². The normalized spacial score (nSPS) is 13.1. The first kappa shape index (κ1) is 16.4. The molecule has 0 saturated carbocycles. The van der Waals surface area contributed by atoms with Crippen LogP contribution in [0.4, 0.5) is 13.2 Å². The molecule has 2 rings (SSSR count). The predicted octanol–water partition coefficient (Wildman–Crippen LogP) is 3.47. The summed E-state index contributed by atoms with van der Waals surface area (Å²) < 4.78 is 42.7. The molecule has 0 bridgehead atoms. The Labute approximate surface area is 128 Å². The van der Waals surface area contributed by atoms with Gasteiger partial charge >= 0.3 is 6.18 Å². The number of nitrogens with zero attached hydrogens (tertiary/aromatic N) is 1. The van der Waals surface area contributed by atoms with Crippen molar-refractivity contribution in [1.82, 2.24) is 4.98 Å². The van der Waals surface area contributed by atoms with Crippen LogP contribution in [0.3, 0.4) is 0 Å². The Morgan fingerprint density at radius 1 is 1.36 bits per heavy atom. The summed E-state index contributed by atoms with van der Waals surface area (Å²) in [5.41, 5.74) is 5.46. The summed E-state index contributed by atoms with van der Waals surface area (Å²) >= 11 is 1.31. The standard InChI is InChI=1S/C14H13F3N2O2S/c1-8(12(18)20)22-7-11-6-21-13(19-11)9-2-4-10(5-3-9)14(15,16)17/h2-6,8H,7H2,1H3,(H2,18,20)/t8-/m0/s1. The van der Waals surface area contributed by atoms with Gasteiger partial charge < -0.3 is 10.2 Å². The van der Waals surface area contributed by atoms with E-state index in [9.17, 15) is 18.0 Å². The average Bonchev–Trinajstić information content (AvgIpc) is 2.92. The second-order valence-corrected chi connectivity index (χ2v) is 5.90. The van der Waals surface area contributed by atoms with Crippen molar-refractivity contribution >= 4 is 17.7 Å². The van der Waals surface area contributed by atoms with Crippen LogP contribution in [0.15, 0.2) is 34.9 Å². The van der Waals surface area contributed by atoms with Crippen molar-refractivity contribution in [2.45, 2.75) is 24.1 Å². The van der Waals surface area contributed by atoms with E-state index in [1.54, 1.807) is 6.92 Å². The Morgan fingerprint density at radius 3 is 2.55 bits per heavy atom. The summed E-state index contributed by atoms with van der Waals surface area (Å²) in [6.45, 7) is 1.68. The van der Waals surface area contributed by atoms with Crippen LogP contribution in [-0.4, -0.2) is 16.1 Å². The number of amides is 1. The van der Waals surface area contributed by atoms with E-state index in [4.69, 9.17) is 10.2 Å². The van der Waals surface area contributed by atoms with Crippen LogP contribution in [-0.2, 0) is 16.7 Å². The Kier molecular flexibility index (Phi) is 4.80. The van der Waals surface area contributed by atoms with Crippen molar-refractivity contribution < 1.29 is 22.4 Å². The van der Waals surface area contributed by atoms with Gasteiger partial charge in [0, 0.05) is 11.3 Å². The number of nitrogens with two attached hydrogens (primary N) is 1. The van der Waals surface area contributed by atoms with E-state index >= 15 is 0 Å². The van der Waals surface area contributed by atoms with Crippen molar-refractivity contribution in [3.05, 3.63) is 41.8 Å². The maximum atomic E-state index is 12.5. The molecule has 0 fully saturated rings. The number of hydrogen-bond donors (Lipinski definition) is 1. The number of halogens is 3. The number of carbonyl (C=O) groups is 1. The SMILES string of the molecule is C[C@H](SCc1coc(-c2ccc(C(F)(F)F)cc2)n1)C(N)=O. The van der Waals surface area contributed by atoms with Gasteiger partial charge in [-0.1, -0.05) is 0 Å². The smallest absolute Gasteiger partial charge is 0.416 e. The Balaban J connectivity index is 2.06. The quantitative estimate of drug-likeness (QED) is 0.911. The van der Waals surface area contributed by atoms with Crippen LogP contribution < -0.4 is 5.73 Å². The van der Waals surface area contributed by atoms with Gasteiger partial charge in [-0.2, -0.15) is 13.2 Å². The number of rotatable bonds is 5. The molecule has 4 nitrogen and oxygen atoms in total. The molecule has 0 spiro atoms. The van der Waals surface area contributed by atoms with E-state index in [2.05, 4.69) is 4.98 Å². The van der Waals surface area contributed by atoms with Crippen LogP contribution in [0.25, 0.3) is 11.5 Å². The minimum absolute atomic E-state index is 0.232. The highest BCUT2D eigenvalue weighted by molar-refractivity contribution is 7.99. The molecule has 0 radical (unpaired) electrons. The molecule has 1 atom stereocenters. The van der Waals surface area contributed by atoms with Gasteiger partial charge in [0.2, 0.25) is 11.8 Å². The van der Waals surface area contributed by atoms with Gasteiger partial charge in [-0.25, -0.2) is 4.98 Å². The third-order valence-corrected chi connectivity index (χ3v) is 4.09. The first-order valence-electron chi connectivity index (χ1n) is 6.30. The fourth-order valence-corrected chi connectivity index (χ4v) is 2.32. The molecule has 1 amide bonds. The molecule has 8 heteroatoms. The predicted molar refractivity (Wildman–Crippen MR) is 76.9 cm³/mol. The molecule has 1 aromatic heterocycles. The maximum Gasteiger partial charge on any atom is 0.416 e. The first-order valence-corrected chi connectivity index (χ1v) is 7.35. The number of benzene rings is 1. The van der Waals surface area contributed by atoms with Gasteiger partial charge in [0.1, 0.15) is 6.26 Å². The van der Waals surface area contributed by atoms with E-state index < -0.39 is 17.6 Å². The average molecular weight is 330 g/mol. The highest BCUT2D eigenvalue weighted by Gasteiger charge is 2.30. The molecule has 118 valence electrons. The lowest BCUT2D eigenvalue weighted by molar-refractivity contribution is -0.137. The van der Waals surface area contributed by atoms with E-state index in [1.807, 2.05) is 0 Å². The zero-order valence-electron chi connectivity index (χ0n) is 11.6. The second kappa shape index (κ2) is 6.43. The molecule has 0 unspecified atom stereocenters. The molecular formula is C14H13F3N2O2S. The Morgan fingerprint density at radius 2 is 2.00 bits per heavy atom. The Hall–Kier alpha value is -1.96. The first-order chi connectivity index (χ1) is 10.3. The number of thioether (sulfide) groups is 1. The molecule has 2 N–H and O–H groups in total. The maximum absolute atomic E-state index is 12.5. The van der Waals surface area contributed by atoms with Gasteiger partial charge in [-0.05, 0) is 31.2 Å². The second-order valence-electron chi connectivity index (χ2n) is 4.57. The number of oxazole rings is 1. The number of carbonyl (C=O) groups excluding carboxylic acids is 1. The molecule has 22 heavy (non-hydrogen) atoms. The highest BCUT2D eigenvalue weighted by atomic mass is 32.2. The molecule has 0 aliphatic carbocycles. The molecule has 1 aromatic carbocycles. The fourth-order valence-electron chi connectivity index (χ4n) is 1.60. The fraction of sp³-hybridized carbons (Fsp3) is 0.286. The molecule has 1 heterocycles. The van der Waals surface area contributed by atoms with Crippen LogP contribution in [0, 0.1) is 0 Å². The van der Waals surface area contributed by atoms with Crippen LogP contribution in [0.1, 0.15) is 18.2 Å².